The quantitative estimate of drug-likeness (QED) is 0.820. The van der Waals surface area contributed by atoms with Gasteiger partial charge in [-0.05, 0) is 58.4 Å². The fourth-order valence-corrected chi connectivity index (χ4v) is 3.79. The van der Waals surface area contributed by atoms with Gasteiger partial charge in [0, 0.05) is 18.1 Å². The third-order valence-corrected chi connectivity index (χ3v) is 5.01. The summed E-state index contributed by atoms with van der Waals surface area (Å²) in [5, 5.41) is 7.14. The van der Waals surface area contributed by atoms with E-state index in [2.05, 4.69) is 17.6 Å². The van der Waals surface area contributed by atoms with Gasteiger partial charge in [-0.1, -0.05) is 12.8 Å². The summed E-state index contributed by atoms with van der Waals surface area (Å²) in [6, 6.07) is 1.22. The van der Waals surface area contributed by atoms with E-state index in [1.807, 2.05) is 0 Å². The molecule has 2 fully saturated rings. The van der Waals surface area contributed by atoms with Crippen molar-refractivity contribution in [3.63, 3.8) is 0 Å². The Labute approximate surface area is 126 Å². The Morgan fingerprint density at radius 2 is 1.76 bits per heavy atom. The van der Waals surface area contributed by atoms with Gasteiger partial charge in [0.25, 0.3) is 0 Å². The molecule has 0 aromatic rings. The number of nitrogens with one attached hydrogen (secondary N) is 2. The highest BCUT2D eigenvalue weighted by Crippen LogP contribution is 2.37. The van der Waals surface area contributed by atoms with Crippen LogP contribution >= 0.6 is 0 Å². The van der Waals surface area contributed by atoms with E-state index >= 15 is 0 Å². The molecule has 2 nitrogen and oxygen atoms in total. The van der Waals surface area contributed by atoms with Crippen LogP contribution in [0.2, 0.25) is 0 Å². The summed E-state index contributed by atoms with van der Waals surface area (Å²) in [6.07, 6.45) is 4.07. The maximum absolute atomic E-state index is 12.6. The molecule has 2 N–H and O–H groups in total. The molecule has 21 heavy (non-hydrogen) atoms. The molecule has 1 aliphatic heterocycles. The first-order valence-corrected chi connectivity index (χ1v) is 8.51. The minimum atomic E-state index is -4.00. The fraction of sp³-hybridized carbons (Fsp3) is 1.00. The van der Waals surface area contributed by atoms with Crippen molar-refractivity contribution in [2.24, 2.45) is 5.92 Å². The summed E-state index contributed by atoms with van der Waals surface area (Å²) in [5.74, 6) is -1.07. The van der Waals surface area contributed by atoms with Crippen molar-refractivity contribution in [2.45, 2.75) is 89.0 Å². The first-order chi connectivity index (χ1) is 9.95. The lowest BCUT2D eigenvalue weighted by molar-refractivity contribution is -0.182. The third kappa shape index (κ3) is 5.78. The minimum absolute atomic E-state index is 0.268. The molecule has 0 aromatic carbocycles. The van der Waals surface area contributed by atoms with Crippen LogP contribution in [0.15, 0.2) is 0 Å². The number of halogens is 3. The molecule has 2 aliphatic rings. The lowest BCUT2D eigenvalue weighted by atomic mass is 9.85. The molecule has 0 spiro atoms. The fourth-order valence-electron chi connectivity index (χ4n) is 3.79. The van der Waals surface area contributed by atoms with Crippen LogP contribution in [0.4, 0.5) is 13.2 Å². The van der Waals surface area contributed by atoms with Crippen molar-refractivity contribution in [2.75, 3.05) is 6.54 Å². The lowest BCUT2D eigenvalue weighted by Crippen LogP contribution is -2.44. The van der Waals surface area contributed by atoms with Crippen molar-refractivity contribution in [1.29, 1.82) is 0 Å². The zero-order valence-corrected chi connectivity index (χ0v) is 13.0. The van der Waals surface area contributed by atoms with Crippen LogP contribution in [0.3, 0.4) is 0 Å². The molecule has 0 radical (unpaired) electrons. The van der Waals surface area contributed by atoms with Crippen molar-refractivity contribution in [3.05, 3.63) is 0 Å². The molecule has 1 aliphatic carbocycles. The number of alkyl halides is 3. The normalized spacial score (nSPS) is 33.4. The van der Waals surface area contributed by atoms with Gasteiger partial charge < -0.3 is 10.6 Å². The maximum atomic E-state index is 12.6. The number of rotatable bonds is 4. The van der Waals surface area contributed by atoms with E-state index in [-0.39, 0.29) is 18.9 Å². The smallest absolute Gasteiger partial charge is 0.314 e. The van der Waals surface area contributed by atoms with Crippen molar-refractivity contribution in [3.8, 4) is 0 Å². The summed E-state index contributed by atoms with van der Waals surface area (Å²) < 4.78 is 37.9. The second-order valence-electron chi connectivity index (χ2n) is 6.89. The summed E-state index contributed by atoms with van der Waals surface area (Å²) in [5.41, 5.74) is 0. The number of hydrogen-bond donors (Lipinski definition) is 2. The third-order valence-electron chi connectivity index (χ3n) is 5.01. The van der Waals surface area contributed by atoms with Crippen LogP contribution in [0.5, 0.6) is 0 Å². The Morgan fingerprint density at radius 1 is 1.05 bits per heavy atom. The van der Waals surface area contributed by atoms with Gasteiger partial charge in [-0.2, -0.15) is 13.2 Å². The van der Waals surface area contributed by atoms with Gasteiger partial charge in [0.1, 0.15) is 0 Å². The molecule has 2 atom stereocenters. The molecule has 0 bridgehead atoms. The molecule has 124 valence electrons. The molecule has 0 aromatic heterocycles. The average molecular weight is 306 g/mol. The highest BCUT2D eigenvalue weighted by Gasteiger charge is 2.41. The predicted molar refractivity (Wildman–Crippen MR) is 79.3 cm³/mol. The van der Waals surface area contributed by atoms with E-state index in [0.717, 1.165) is 13.0 Å². The SMILES string of the molecule is CC(CC1CCCCCN1)NC1CCC(C(F)(F)F)CC1. The Balaban J connectivity index is 1.68. The Hall–Kier alpha value is -0.290. The Bertz CT molecular complexity index is 290. The number of hydrogen-bond acceptors (Lipinski definition) is 2. The first kappa shape index (κ1) is 17.1. The molecular formula is C16H29F3N2. The standard InChI is InChI=1S/C16H29F3N2/c1-12(11-15-5-3-2-4-10-20-15)21-14-8-6-13(7-9-14)16(17,18)19/h12-15,20-21H,2-11H2,1H3. The molecule has 1 saturated carbocycles. The van der Waals surface area contributed by atoms with E-state index in [0.29, 0.717) is 24.9 Å². The molecule has 2 unspecified atom stereocenters. The van der Waals surface area contributed by atoms with Gasteiger partial charge in [0.15, 0.2) is 0 Å². The molecular weight excluding hydrogens is 277 g/mol. The van der Waals surface area contributed by atoms with E-state index in [9.17, 15) is 13.2 Å². The van der Waals surface area contributed by atoms with Crippen LogP contribution in [-0.2, 0) is 0 Å². The van der Waals surface area contributed by atoms with Crippen LogP contribution in [0.25, 0.3) is 0 Å². The summed E-state index contributed by atoms with van der Waals surface area (Å²) >= 11 is 0. The zero-order chi connectivity index (χ0) is 15.3. The van der Waals surface area contributed by atoms with Gasteiger partial charge >= 0.3 is 6.18 Å². The van der Waals surface area contributed by atoms with Gasteiger partial charge in [0.05, 0.1) is 5.92 Å². The second-order valence-corrected chi connectivity index (χ2v) is 6.89. The molecule has 1 saturated heterocycles. The summed E-state index contributed by atoms with van der Waals surface area (Å²) in [6.45, 7) is 3.27. The summed E-state index contributed by atoms with van der Waals surface area (Å²) in [7, 11) is 0. The molecule has 5 heteroatoms. The van der Waals surface area contributed by atoms with Gasteiger partial charge in [-0.25, -0.2) is 0 Å². The van der Waals surface area contributed by atoms with Crippen molar-refractivity contribution < 1.29 is 13.2 Å². The Morgan fingerprint density at radius 3 is 2.43 bits per heavy atom. The van der Waals surface area contributed by atoms with E-state index in [1.54, 1.807) is 0 Å². The molecule has 1 heterocycles. The topological polar surface area (TPSA) is 24.1 Å². The van der Waals surface area contributed by atoms with Crippen molar-refractivity contribution in [1.82, 2.24) is 10.6 Å². The van der Waals surface area contributed by atoms with Crippen LogP contribution in [-0.4, -0.2) is 30.8 Å². The maximum Gasteiger partial charge on any atom is 0.391 e. The second kappa shape index (κ2) is 7.82. The molecule has 2 rings (SSSR count). The first-order valence-electron chi connectivity index (χ1n) is 8.51. The van der Waals surface area contributed by atoms with Gasteiger partial charge in [0.2, 0.25) is 0 Å². The van der Waals surface area contributed by atoms with E-state index < -0.39 is 12.1 Å². The van der Waals surface area contributed by atoms with Crippen LogP contribution in [0, 0.1) is 5.92 Å². The summed E-state index contributed by atoms with van der Waals surface area (Å²) in [4.78, 5) is 0. The van der Waals surface area contributed by atoms with Gasteiger partial charge in [-0.15, -0.1) is 0 Å². The zero-order valence-electron chi connectivity index (χ0n) is 13.0. The lowest BCUT2D eigenvalue weighted by Gasteiger charge is -2.33. The monoisotopic (exact) mass is 306 g/mol. The largest absolute Gasteiger partial charge is 0.391 e. The highest BCUT2D eigenvalue weighted by atomic mass is 19.4. The highest BCUT2D eigenvalue weighted by molar-refractivity contribution is 4.84. The van der Waals surface area contributed by atoms with E-state index in [1.165, 1.54) is 25.7 Å². The van der Waals surface area contributed by atoms with Crippen LogP contribution in [0.1, 0.15) is 64.7 Å². The average Bonchev–Trinajstić information content (AvgIpc) is 2.67. The van der Waals surface area contributed by atoms with Gasteiger partial charge in [-0.3, -0.25) is 0 Å². The molecule has 0 amide bonds. The van der Waals surface area contributed by atoms with Crippen molar-refractivity contribution >= 4 is 0 Å². The van der Waals surface area contributed by atoms with Crippen LogP contribution < -0.4 is 10.6 Å². The minimum Gasteiger partial charge on any atom is -0.314 e. The predicted octanol–water partition coefficient (Wildman–Crippen LogP) is 4.01. The Kier molecular flexibility index (Phi) is 6.35. The van der Waals surface area contributed by atoms with E-state index in [4.69, 9.17) is 0 Å².